The van der Waals surface area contributed by atoms with Gasteiger partial charge in [-0.1, -0.05) is 0 Å². The van der Waals surface area contributed by atoms with E-state index in [9.17, 15) is 0 Å². The highest BCUT2D eigenvalue weighted by Gasteiger charge is 2.22. The van der Waals surface area contributed by atoms with E-state index in [2.05, 4.69) is 45.6 Å². The topological polar surface area (TPSA) is 16.1 Å². The van der Waals surface area contributed by atoms with Crippen LogP contribution in [0, 0.1) is 3.57 Å². The standard InChI is InChI=1S/C10H13IN2/c1-13-4-2-3-10(13)8-5-9(11)7-12-6-8/h5-7,10H,2-4H2,1H3/t10-/m0/s1/i11-2. The highest BCUT2D eigenvalue weighted by Crippen LogP contribution is 2.30. The molecular weight excluding hydrogens is 273 g/mol. The third-order valence-corrected chi connectivity index (χ3v) is 3.22. The van der Waals surface area contributed by atoms with E-state index >= 15 is 0 Å². The Hall–Kier alpha value is -0.160. The Kier molecular flexibility index (Phi) is 2.83. The molecular formula is C10H13IN2. The summed E-state index contributed by atoms with van der Waals surface area (Å²) in [6, 6.07) is 2.84. The zero-order chi connectivity index (χ0) is 9.26. The first-order valence-electron chi connectivity index (χ1n) is 4.58. The number of hydrogen-bond acceptors (Lipinski definition) is 2. The van der Waals surface area contributed by atoms with E-state index in [4.69, 9.17) is 0 Å². The van der Waals surface area contributed by atoms with E-state index in [0.717, 1.165) is 0 Å². The SMILES string of the molecule is CN1CCC[C@H]1c1cncc([125I])c1. The van der Waals surface area contributed by atoms with Crippen molar-refractivity contribution in [1.29, 1.82) is 0 Å². The third-order valence-electron chi connectivity index (χ3n) is 2.63. The minimum Gasteiger partial charge on any atom is -0.299 e. The van der Waals surface area contributed by atoms with Crippen LogP contribution >= 0.6 is 22.6 Å². The zero-order valence-electron chi connectivity index (χ0n) is 7.70. The predicted molar refractivity (Wildman–Crippen MR) is 61.6 cm³/mol. The van der Waals surface area contributed by atoms with Crippen molar-refractivity contribution in [3.63, 3.8) is 0 Å². The van der Waals surface area contributed by atoms with Crippen LogP contribution in [0.2, 0.25) is 0 Å². The summed E-state index contributed by atoms with van der Waals surface area (Å²) in [5, 5.41) is 0. The molecule has 1 atom stereocenters. The van der Waals surface area contributed by atoms with Gasteiger partial charge in [-0.2, -0.15) is 0 Å². The van der Waals surface area contributed by atoms with E-state index in [1.54, 1.807) is 0 Å². The molecule has 0 N–H and O–H groups in total. The normalized spacial score (nSPS) is 23.7. The number of nitrogens with zero attached hydrogens (tertiary/aromatic N) is 2. The molecule has 1 aromatic rings. The Morgan fingerprint density at radius 1 is 1.54 bits per heavy atom. The number of halogens is 1. The first-order chi connectivity index (χ1) is 6.27. The molecule has 1 saturated heterocycles. The van der Waals surface area contributed by atoms with Crippen LogP contribution in [0.3, 0.4) is 0 Å². The Morgan fingerprint density at radius 2 is 2.38 bits per heavy atom. The molecule has 1 aromatic heterocycles. The van der Waals surface area contributed by atoms with Gasteiger partial charge in [-0.15, -0.1) is 0 Å². The number of pyridine rings is 1. The van der Waals surface area contributed by atoms with Crippen LogP contribution in [0.15, 0.2) is 18.5 Å². The van der Waals surface area contributed by atoms with Crippen LogP contribution in [-0.4, -0.2) is 23.5 Å². The van der Waals surface area contributed by atoms with Crippen molar-refractivity contribution in [2.24, 2.45) is 0 Å². The molecule has 13 heavy (non-hydrogen) atoms. The monoisotopic (exact) mass is 286 g/mol. The van der Waals surface area contributed by atoms with Crippen molar-refractivity contribution >= 4 is 22.6 Å². The lowest BCUT2D eigenvalue weighted by atomic mass is 10.1. The summed E-state index contributed by atoms with van der Waals surface area (Å²) in [6.07, 6.45) is 6.48. The van der Waals surface area contributed by atoms with Crippen molar-refractivity contribution in [2.75, 3.05) is 13.6 Å². The molecule has 0 unspecified atom stereocenters. The fourth-order valence-electron chi connectivity index (χ4n) is 1.94. The van der Waals surface area contributed by atoms with Crippen molar-refractivity contribution in [3.8, 4) is 0 Å². The van der Waals surface area contributed by atoms with Crippen molar-refractivity contribution in [1.82, 2.24) is 9.88 Å². The molecule has 2 rings (SSSR count). The van der Waals surface area contributed by atoms with Crippen molar-refractivity contribution in [2.45, 2.75) is 18.9 Å². The lowest BCUT2D eigenvalue weighted by Crippen LogP contribution is -2.17. The molecule has 1 aliphatic rings. The maximum atomic E-state index is 4.23. The van der Waals surface area contributed by atoms with Crippen molar-refractivity contribution in [3.05, 3.63) is 27.6 Å². The third kappa shape index (κ3) is 2.02. The molecule has 0 aliphatic carbocycles. The Labute approximate surface area is 92.5 Å². The fourth-order valence-corrected chi connectivity index (χ4v) is 2.46. The van der Waals surface area contributed by atoms with Crippen LogP contribution in [0.4, 0.5) is 0 Å². The van der Waals surface area contributed by atoms with E-state index in [1.807, 2.05) is 12.4 Å². The highest BCUT2D eigenvalue weighted by molar-refractivity contribution is 14.1. The summed E-state index contributed by atoms with van der Waals surface area (Å²) < 4.78 is 1.23. The highest BCUT2D eigenvalue weighted by atomic mass is 125. The van der Waals surface area contributed by atoms with E-state index < -0.39 is 0 Å². The van der Waals surface area contributed by atoms with Gasteiger partial charge in [0.2, 0.25) is 0 Å². The van der Waals surface area contributed by atoms with Crippen LogP contribution in [0.25, 0.3) is 0 Å². The average Bonchev–Trinajstić information content (AvgIpc) is 2.51. The fraction of sp³-hybridized carbons (Fsp3) is 0.500. The summed E-state index contributed by atoms with van der Waals surface area (Å²) in [5.74, 6) is 0. The second-order valence-corrected chi connectivity index (χ2v) is 4.82. The molecule has 1 aliphatic heterocycles. The van der Waals surface area contributed by atoms with Crippen LogP contribution in [0.5, 0.6) is 0 Å². The zero-order valence-corrected chi connectivity index (χ0v) is 9.86. The molecule has 70 valence electrons. The van der Waals surface area contributed by atoms with E-state index in [1.165, 1.54) is 28.5 Å². The van der Waals surface area contributed by atoms with Gasteiger partial charge in [-0.25, -0.2) is 0 Å². The maximum Gasteiger partial charge on any atom is 0.0401 e. The lowest BCUT2D eigenvalue weighted by molar-refractivity contribution is 0.317. The number of likely N-dealkylation sites (tertiary alicyclic amines) is 1. The number of rotatable bonds is 1. The van der Waals surface area contributed by atoms with Gasteiger partial charge in [0.25, 0.3) is 0 Å². The van der Waals surface area contributed by atoms with Gasteiger partial charge in [-0.3, -0.25) is 9.88 Å². The molecule has 2 nitrogen and oxygen atoms in total. The Balaban J connectivity index is 2.24. The smallest absolute Gasteiger partial charge is 0.0401 e. The molecule has 0 amide bonds. The maximum absolute atomic E-state index is 4.23. The molecule has 1 fully saturated rings. The van der Waals surface area contributed by atoms with Gasteiger partial charge in [0, 0.05) is 22.0 Å². The summed E-state index contributed by atoms with van der Waals surface area (Å²) in [6.45, 7) is 1.22. The largest absolute Gasteiger partial charge is 0.299 e. The van der Waals surface area contributed by atoms with Gasteiger partial charge in [0.1, 0.15) is 0 Å². The Morgan fingerprint density at radius 3 is 3.00 bits per heavy atom. The molecule has 0 aromatic carbocycles. The van der Waals surface area contributed by atoms with Gasteiger partial charge >= 0.3 is 0 Å². The van der Waals surface area contributed by atoms with Gasteiger partial charge in [0.15, 0.2) is 0 Å². The average molecular weight is 286 g/mol. The number of hydrogen-bond donors (Lipinski definition) is 0. The van der Waals surface area contributed by atoms with Gasteiger partial charge < -0.3 is 0 Å². The minimum absolute atomic E-state index is 0.599. The molecule has 0 saturated carbocycles. The van der Waals surface area contributed by atoms with Crippen LogP contribution in [-0.2, 0) is 0 Å². The molecule has 3 heteroatoms. The summed E-state index contributed by atoms with van der Waals surface area (Å²) in [7, 11) is 2.19. The quantitative estimate of drug-likeness (QED) is 0.737. The summed E-state index contributed by atoms with van der Waals surface area (Å²) in [4.78, 5) is 6.64. The first kappa shape index (κ1) is 9.40. The summed E-state index contributed by atoms with van der Waals surface area (Å²) in [5.41, 5.74) is 1.37. The second-order valence-electron chi connectivity index (χ2n) is 3.58. The second kappa shape index (κ2) is 3.92. The number of aromatic nitrogens is 1. The molecule has 0 spiro atoms. The molecule has 2 heterocycles. The van der Waals surface area contributed by atoms with Crippen LogP contribution < -0.4 is 0 Å². The van der Waals surface area contributed by atoms with Crippen molar-refractivity contribution < 1.29 is 0 Å². The predicted octanol–water partition coefficient (Wildman–Crippen LogP) is 2.45. The minimum atomic E-state index is 0.599. The lowest BCUT2D eigenvalue weighted by Gasteiger charge is -2.19. The van der Waals surface area contributed by atoms with E-state index in [0.29, 0.717) is 6.04 Å². The molecule has 0 radical (unpaired) electrons. The van der Waals surface area contributed by atoms with Gasteiger partial charge in [-0.05, 0) is 60.7 Å². The van der Waals surface area contributed by atoms with Crippen LogP contribution in [0.1, 0.15) is 24.4 Å². The molecule has 0 bridgehead atoms. The summed E-state index contributed by atoms with van der Waals surface area (Å²) >= 11 is 2.32. The Bertz CT molecular complexity index is 301. The first-order valence-corrected chi connectivity index (χ1v) is 5.66. The van der Waals surface area contributed by atoms with E-state index in [-0.39, 0.29) is 0 Å². The van der Waals surface area contributed by atoms with Gasteiger partial charge in [0.05, 0.1) is 0 Å².